The molecule has 2 amide bonds. The standard InChI is InChI=1S/C28H24N2O4/c31-27(30-23-14-16-25(17-15-23)34-24-11-5-2-6-12-24)20-33-26-13-7-10-22(18-26)28(32)29-19-21-8-3-1-4-9-21/h1-18H,19-20H2,(H,29,32)(H,30,31). The third kappa shape index (κ3) is 6.71. The number of nitrogens with one attached hydrogen (secondary N) is 2. The Balaban J connectivity index is 1.25. The van der Waals surface area contributed by atoms with Crippen molar-refractivity contribution in [3.05, 3.63) is 120 Å². The van der Waals surface area contributed by atoms with Crippen LogP contribution in [0.15, 0.2) is 109 Å². The van der Waals surface area contributed by atoms with Gasteiger partial charge in [0.2, 0.25) is 0 Å². The van der Waals surface area contributed by atoms with Crippen LogP contribution in [-0.4, -0.2) is 18.4 Å². The van der Waals surface area contributed by atoms with Gasteiger partial charge in [0.25, 0.3) is 11.8 Å². The van der Waals surface area contributed by atoms with E-state index in [2.05, 4.69) is 10.6 Å². The Morgan fingerprint density at radius 2 is 1.32 bits per heavy atom. The van der Waals surface area contributed by atoms with Crippen molar-refractivity contribution in [2.75, 3.05) is 11.9 Å². The first-order chi connectivity index (χ1) is 16.7. The minimum Gasteiger partial charge on any atom is -0.484 e. The second kappa shape index (κ2) is 11.3. The van der Waals surface area contributed by atoms with Crippen LogP contribution in [0.4, 0.5) is 5.69 Å². The molecule has 0 saturated heterocycles. The SMILES string of the molecule is O=C(COc1cccc(C(=O)NCc2ccccc2)c1)Nc1ccc(Oc2ccccc2)cc1. The lowest BCUT2D eigenvalue weighted by Gasteiger charge is -2.10. The van der Waals surface area contributed by atoms with E-state index < -0.39 is 0 Å². The number of hydrogen-bond acceptors (Lipinski definition) is 4. The van der Waals surface area contributed by atoms with Gasteiger partial charge in [-0.25, -0.2) is 0 Å². The third-order valence-electron chi connectivity index (χ3n) is 4.88. The fourth-order valence-electron chi connectivity index (χ4n) is 3.18. The summed E-state index contributed by atoms with van der Waals surface area (Å²) in [4.78, 5) is 24.7. The van der Waals surface area contributed by atoms with Crippen molar-refractivity contribution in [2.24, 2.45) is 0 Å². The monoisotopic (exact) mass is 452 g/mol. The van der Waals surface area contributed by atoms with Gasteiger partial charge in [0.1, 0.15) is 17.2 Å². The summed E-state index contributed by atoms with van der Waals surface area (Å²) in [5, 5.41) is 5.66. The zero-order chi connectivity index (χ0) is 23.6. The molecule has 6 heteroatoms. The van der Waals surface area contributed by atoms with Gasteiger partial charge in [0, 0.05) is 17.8 Å². The van der Waals surface area contributed by atoms with Crippen LogP contribution in [0.2, 0.25) is 0 Å². The highest BCUT2D eigenvalue weighted by molar-refractivity contribution is 5.94. The minimum absolute atomic E-state index is 0.183. The van der Waals surface area contributed by atoms with Gasteiger partial charge in [-0.2, -0.15) is 0 Å². The first kappa shape index (κ1) is 22.6. The van der Waals surface area contributed by atoms with Crippen LogP contribution in [0.5, 0.6) is 17.2 Å². The number of hydrogen-bond donors (Lipinski definition) is 2. The fraction of sp³-hybridized carbons (Fsp3) is 0.0714. The largest absolute Gasteiger partial charge is 0.484 e. The topological polar surface area (TPSA) is 76.7 Å². The van der Waals surface area contributed by atoms with E-state index in [1.165, 1.54) is 0 Å². The Bertz CT molecular complexity index is 1230. The van der Waals surface area contributed by atoms with Gasteiger partial charge in [-0.3, -0.25) is 9.59 Å². The summed E-state index contributed by atoms with van der Waals surface area (Å²) in [6, 6.07) is 32.9. The number of para-hydroxylation sites is 1. The zero-order valence-corrected chi connectivity index (χ0v) is 18.4. The smallest absolute Gasteiger partial charge is 0.262 e. The molecule has 0 heterocycles. The highest BCUT2D eigenvalue weighted by Gasteiger charge is 2.09. The van der Waals surface area contributed by atoms with Crippen molar-refractivity contribution >= 4 is 17.5 Å². The number of carbonyl (C=O) groups is 2. The maximum atomic E-state index is 12.4. The molecule has 4 rings (SSSR count). The Morgan fingerprint density at radius 1 is 0.676 bits per heavy atom. The number of anilines is 1. The van der Waals surface area contributed by atoms with Gasteiger partial charge in [-0.05, 0) is 60.2 Å². The molecule has 4 aromatic carbocycles. The molecule has 170 valence electrons. The summed E-state index contributed by atoms with van der Waals surface area (Å²) >= 11 is 0. The van der Waals surface area contributed by atoms with Crippen LogP contribution in [0.3, 0.4) is 0 Å². The molecule has 0 unspecified atom stereocenters. The molecule has 4 aromatic rings. The van der Waals surface area contributed by atoms with Gasteiger partial charge in [0.05, 0.1) is 0 Å². The predicted octanol–water partition coefficient (Wildman–Crippen LogP) is 5.43. The van der Waals surface area contributed by atoms with E-state index >= 15 is 0 Å². The normalized spacial score (nSPS) is 10.2. The summed E-state index contributed by atoms with van der Waals surface area (Å²) in [6.45, 7) is 0.250. The highest BCUT2D eigenvalue weighted by atomic mass is 16.5. The molecule has 0 bridgehead atoms. The summed E-state index contributed by atoms with van der Waals surface area (Å²) in [6.07, 6.45) is 0. The van der Waals surface area contributed by atoms with E-state index in [0.29, 0.717) is 29.3 Å². The van der Waals surface area contributed by atoms with Crippen LogP contribution in [-0.2, 0) is 11.3 Å². The third-order valence-corrected chi connectivity index (χ3v) is 4.88. The van der Waals surface area contributed by atoms with E-state index in [4.69, 9.17) is 9.47 Å². The van der Waals surface area contributed by atoms with Gasteiger partial charge >= 0.3 is 0 Å². The summed E-state index contributed by atoms with van der Waals surface area (Å²) in [5.41, 5.74) is 2.10. The molecule has 0 aliphatic rings. The molecule has 0 aliphatic carbocycles. The van der Waals surface area contributed by atoms with Crippen LogP contribution < -0.4 is 20.1 Å². The Hall–Kier alpha value is -4.58. The van der Waals surface area contributed by atoms with Gasteiger partial charge < -0.3 is 20.1 Å². The number of amides is 2. The lowest BCUT2D eigenvalue weighted by Crippen LogP contribution is -2.23. The summed E-state index contributed by atoms with van der Waals surface area (Å²) in [5.74, 6) is 1.33. The van der Waals surface area contributed by atoms with Gasteiger partial charge in [-0.1, -0.05) is 54.6 Å². The maximum absolute atomic E-state index is 12.4. The molecule has 0 aromatic heterocycles. The van der Waals surface area contributed by atoms with Crippen molar-refractivity contribution in [2.45, 2.75) is 6.54 Å². The van der Waals surface area contributed by atoms with Crippen LogP contribution in [0, 0.1) is 0 Å². The molecule has 34 heavy (non-hydrogen) atoms. The highest BCUT2D eigenvalue weighted by Crippen LogP contribution is 2.22. The zero-order valence-electron chi connectivity index (χ0n) is 18.4. The molecule has 2 N–H and O–H groups in total. The second-order valence-electron chi connectivity index (χ2n) is 7.47. The van der Waals surface area contributed by atoms with E-state index in [-0.39, 0.29) is 18.4 Å². The van der Waals surface area contributed by atoms with E-state index in [9.17, 15) is 9.59 Å². The number of carbonyl (C=O) groups excluding carboxylic acids is 2. The quantitative estimate of drug-likeness (QED) is 0.355. The van der Waals surface area contributed by atoms with E-state index in [0.717, 1.165) is 11.3 Å². The molecule has 0 aliphatic heterocycles. The molecule has 0 radical (unpaired) electrons. The van der Waals surface area contributed by atoms with Gasteiger partial charge in [0.15, 0.2) is 6.61 Å². The molecule has 0 spiro atoms. The summed E-state index contributed by atoms with van der Waals surface area (Å²) in [7, 11) is 0. The number of ether oxygens (including phenoxy) is 2. The fourth-order valence-corrected chi connectivity index (χ4v) is 3.18. The average Bonchev–Trinajstić information content (AvgIpc) is 2.88. The average molecular weight is 453 g/mol. The number of rotatable bonds is 9. The Kier molecular flexibility index (Phi) is 7.54. The lowest BCUT2D eigenvalue weighted by atomic mass is 10.2. The summed E-state index contributed by atoms with van der Waals surface area (Å²) < 4.78 is 11.3. The molecule has 6 nitrogen and oxygen atoms in total. The lowest BCUT2D eigenvalue weighted by molar-refractivity contribution is -0.118. The molecular formula is C28H24N2O4. The Morgan fingerprint density at radius 3 is 2.06 bits per heavy atom. The maximum Gasteiger partial charge on any atom is 0.262 e. The molecular weight excluding hydrogens is 428 g/mol. The molecule has 0 fully saturated rings. The first-order valence-electron chi connectivity index (χ1n) is 10.8. The number of benzene rings is 4. The van der Waals surface area contributed by atoms with Crippen LogP contribution in [0.1, 0.15) is 15.9 Å². The van der Waals surface area contributed by atoms with Crippen molar-refractivity contribution in [3.63, 3.8) is 0 Å². The van der Waals surface area contributed by atoms with Crippen molar-refractivity contribution in [1.29, 1.82) is 0 Å². The van der Waals surface area contributed by atoms with E-state index in [1.807, 2.05) is 60.7 Å². The molecule has 0 atom stereocenters. The molecule has 0 saturated carbocycles. The van der Waals surface area contributed by atoms with Crippen LogP contribution in [0.25, 0.3) is 0 Å². The van der Waals surface area contributed by atoms with E-state index in [1.54, 1.807) is 48.5 Å². The first-order valence-corrected chi connectivity index (χ1v) is 10.8. The van der Waals surface area contributed by atoms with Crippen molar-refractivity contribution < 1.29 is 19.1 Å². The minimum atomic E-state index is -0.310. The second-order valence-corrected chi connectivity index (χ2v) is 7.47. The van der Waals surface area contributed by atoms with Crippen molar-refractivity contribution in [3.8, 4) is 17.2 Å². The predicted molar refractivity (Wildman–Crippen MR) is 131 cm³/mol. The van der Waals surface area contributed by atoms with Crippen molar-refractivity contribution in [1.82, 2.24) is 5.32 Å². The Labute approximate surface area is 198 Å². The van der Waals surface area contributed by atoms with Gasteiger partial charge in [-0.15, -0.1) is 0 Å². The van der Waals surface area contributed by atoms with Crippen LogP contribution >= 0.6 is 0 Å².